The molecular weight excluding hydrogens is 204 g/mol. The largest absolute Gasteiger partial charge is 0.481 e. The standard InChI is InChI=1S/C8H16N2O5/c9-4(8(14)15)1-2-6(11)5(10)3-7(12)13/h4-6,11H,1-3,9-10H2,(H,12,13)(H,14,15)/t4-,5?,6+/m0/s1. The van der Waals surface area contributed by atoms with E-state index in [0.29, 0.717) is 0 Å². The van der Waals surface area contributed by atoms with Gasteiger partial charge in [-0.05, 0) is 12.8 Å². The Labute approximate surface area is 86.7 Å². The summed E-state index contributed by atoms with van der Waals surface area (Å²) in [4.78, 5) is 20.6. The van der Waals surface area contributed by atoms with Crippen LogP contribution in [0.4, 0.5) is 0 Å². The Hall–Kier alpha value is -1.18. The monoisotopic (exact) mass is 220 g/mol. The van der Waals surface area contributed by atoms with Gasteiger partial charge in [0, 0.05) is 6.04 Å². The topological polar surface area (TPSA) is 147 Å². The second kappa shape index (κ2) is 6.33. The minimum Gasteiger partial charge on any atom is -0.481 e. The highest BCUT2D eigenvalue weighted by Crippen LogP contribution is 2.06. The van der Waals surface area contributed by atoms with Crippen molar-refractivity contribution in [2.24, 2.45) is 11.5 Å². The van der Waals surface area contributed by atoms with Crippen molar-refractivity contribution in [3.8, 4) is 0 Å². The molecular formula is C8H16N2O5. The van der Waals surface area contributed by atoms with Crippen LogP contribution in [0.5, 0.6) is 0 Å². The molecule has 15 heavy (non-hydrogen) atoms. The molecule has 0 rings (SSSR count). The summed E-state index contributed by atoms with van der Waals surface area (Å²) in [6.07, 6.45) is -1.28. The highest BCUT2D eigenvalue weighted by molar-refractivity contribution is 5.73. The van der Waals surface area contributed by atoms with Crippen LogP contribution >= 0.6 is 0 Å². The van der Waals surface area contributed by atoms with E-state index in [-0.39, 0.29) is 19.3 Å². The number of hydrogen-bond donors (Lipinski definition) is 5. The third kappa shape index (κ3) is 6.00. The van der Waals surface area contributed by atoms with Crippen LogP contribution in [-0.4, -0.2) is 45.4 Å². The van der Waals surface area contributed by atoms with Crippen LogP contribution in [0.1, 0.15) is 19.3 Å². The van der Waals surface area contributed by atoms with E-state index in [4.69, 9.17) is 21.7 Å². The van der Waals surface area contributed by atoms with Crippen LogP contribution in [0.3, 0.4) is 0 Å². The van der Waals surface area contributed by atoms with Crippen molar-refractivity contribution in [2.75, 3.05) is 0 Å². The Balaban J connectivity index is 3.87. The van der Waals surface area contributed by atoms with Gasteiger partial charge in [-0.1, -0.05) is 0 Å². The van der Waals surface area contributed by atoms with Crippen LogP contribution in [0.2, 0.25) is 0 Å². The van der Waals surface area contributed by atoms with Gasteiger partial charge in [-0.25, -0.2) is 0 Å². The molecule has 3 atom stereocenters. The summed E-state index contributed by atoms with van der Waals surface area (Å²) in [7, 11) is 0. The van der Waals surface area contributed by atoms with Gasteiger partial charge >= 0.3 is 11.9 Å². The number of carboxylic acids is 2. The molecule has 0 radical (unpaired) electrons. The molecule has 0 saturated carbocycles. The summed E-state index contributed by atoms with van der Waals surface area (Å²) in [6.45, 7) is 0. The number of rotatable bonds is 7. The molecule has 1 unspecified atom stereocenters. The smallest absolute Gasteiger partial charge is 0.320 e. The number of carbonyl (C=O) groups is 2. The Morgan fingerprint density at radius 1 is 1.13 bits per heavy atom. The van der Waals surface area contributed by atoms with Crippen LogP contribution in [0.15, 0.2) is 0 Å². The molecule has 0 saturated heterocycles. The second-order valence-electron chi connectivity index (χ2n) is 3.35. The first-order chi connectivity index (χ1) is 6.84. The van der Waals surface area contributed by atoms with Gasteiger partial charge < -0.3 is 26.8 Å². The molecule has 0 aliphatic carbocycles. The maximum atomic E-state index is 10.3. The number of hydrogen-bond acceptors (Lipinski definition) is 5. The lowest BCUT2D eigenvalue weighted by Gasteiger charge is -2.17. The molecule has 0 amide bonds. The van der Waals surface area contributed by atoms with E-state index in [1.807, 2.05) is 0 Å². The predicted octanol–water partition coefficient (Wildman–Crippen LogP) is -1.66. The highest BCUT2D eigenvalue weighted by Gasteiger charge is 2.20. The summed E-state index contributed by atoms with van der Waals surface area (Å²) in [5, 5.41) is 26.2. The van der Waals surface area contributed by atoms with Gasteiger partial charge in [0.25, 0.3) is 0 Å². The number of aliphatic carboxylic acids is 2. The van der Waals surface area contributed by atoms with Crippen LogP contribution < -0.4 is 11.5 Å². The van der Waals surface area contributed by atoms with E-state index < -0.39 is 30.1 Å². The van der Waals surface area contributed by atoms with Crippen molar-refractivity contribution in [3.63, 3.8) is 0 Å². The third-order valence-corrected chi connectivity index (χ3v) is 2.00. The summed E-state index contributed by atoms with van der Waals surface area (Å²) >= 11 is 0. The van der Waals surface area contributed by atoms with E-state index in [1.165, 1.54) is 0 Å². The molecule has 7 N–H and O–H groups in total. The first kappa shape index (κ1) is 13.8. The minimum absolute atomic E-state index is 0.0593. The molecule has 0 aromatic heterocycles. The van der Waals surface area contributed by atoms with Gasteiger partial charge in [0.15, 0.2) is 0 Å². The molecule has 88 valence electrons. The predicted molar refractivity (Wildman–Crippen MR) is 51.1 cm³/mol. The number of nitrogens with two attached hydrogens (primary N) is 2. The molecule has 0 fully saturated rings. The maximum Gasteiger partial charge on any atom is 0.320 e. The van der Waals surface area contributed by atoms with Crippen LogP contribution in [0, 0.1) is 0 Å². The van der Waals surface area contributed by atoms with E-state index >= 15 is 0 Å². The number of carboxylic acid groups (broad SMARTS) is 2. The minimum atomic E-state index is -1.16. The quantitative estimate of drug-likeness (QED) is 0.345. The zero-order valence-electron chi connectivity index (χ0n) is 8.17. The zero-order valence-corrected chi connectivity index (χ0v) is 8.17. The van der Waals surface area contributed by atoms with Gasteiger partial charge in [0.05, 0.1) is 12.5 Å². The summed E-state index contributed by atoms with van der Waals surface area (Å²) < 4.78 is 0. The van der Waals surface area contributed by atoms with Crippen LogP contribution in [0.25, 0.3) is 0 Å². The molecule has 0 bridgehead atoms. The lowest BCUT2D eigenvalue weighted by Crippen LogP contribution is -2.39. The third-order valence-electron chi connectivity index (χ3n) is 2.00. The Morgan fingerprint density at radius 2 is 1.67 bits per heavy atom. The molecule has 0 aliphatic heterocycles. The fourth-order valence-corrected chi connectivity index (χ4v) is 1.03. The summed E-state index contributed by atoms with van der Waals surface area (Å²) in [6, 6.07) is -1.96. The number of aliphatic hydroxyl groups is 1. The van der Waals surface area contributed by atoms with Crippen molar-refractivity contribution in [1.82, 2.24) is 0 Å². The van der Waals surface area contributed by atoms with Crippen LogP contribution in [-0.2, 0) is 9.59 Å². The van der Waals surface area contributed by atoms with Crippen molar-refractivity contribution < 1.29 is 24.9 Å². The second-order valence-corrected chi connectivity index (χ2v) is 3.35. The Morgan fingerprint density at radius 3 is 2.07 bits per heavy atom. The average Bonchev–Trinajstić information content (AvgIpc) is 2.12. The van der Waals surface area contributed by atoms with Crippen molar-refractivity contribution >= 4 is 11.9 Å². The van der Waals surface area contributed by atoms with Gasteiger partial charge in [0.2, 0.25) is 0 Å². The van der Waals surface area contributed by atoms with E-state index in [9.17, 15) is 14.7 Å². The highest BCUT2D eigenvalue weighted by atomic mass is 16.4. The lowest BCUT2D eigenvalue weighted by atomic mass is 10.0. The SMILES string of the molecule is NC(CC(=O)O)[C@H](O)CC[C@H](N)C(=O)O. The van der Waals surface area contributed by atoms with Gasteiger partial charge in [0.1, 0.15) is 6.04 Å². The van der Waals surface area contributed by atoms with Crippen molar-refractivity contribution in [3.05, 3.63) is 0 Å². The summed E-state index contributed by atoms with van der Waals surface area (Å²) in [5.74, 6) is -2.27. The Bertz CT molecular complexity index is 233. The van der Waals surface area contributed by atoms with Crippen molar-refractivity contribution in [1.29, 1.82) is 0 Å². The molecule has 7 heteroatoms. The molecule has 0 aromatic carbocycles. The van der Waals surface area contributed by atoms with E-state index in [1.54, 1.807) is 0 Å². The van der Waals surface area contributed by atoms with Crippen molar-refractivity contribution in [2.45, 2.75) is 37.5 Å². The van der Waals surface area contributed by atoms with Gasteiger partial charge in [-0.15, -0.1) is 0 Å². The van der Waals surface area contributed by atoms with E-state index in [0.717, 1.165) is 0 Å². The first-order valence-corrected chi connectivity index (χ1v) is 4.48. The van der Waals surface area contributed by atoms with E-state index in [2.05, 4.69) is 0 Å². The fraction of sp³-hybridized carbons (Fsp3) is 0.750. The number of aliphatic hydroxyl groups excluding tert-OH is 1. The Kier molecular flexibility index (Phi) is 5.83. The maximum absolute atomic E-state index is 10.3. The molecule has 7 nitrogen and oxygen atoms in total. The molecule has 0 spiro atoms. The molecule has 0 aromatic rings. The summed E-state index contributed by atoms with van der Waals surface area (Å²) in [5.41, 5.74) is 10.6. The molecule has 0 heterocycles. The normalized spacial score (nSPS) is 16.7. The van der Waals surface area contributed by atoms with Gasteiger partial charge in [-0.2, -0.15) is 0 Å². The zero-order chi connectivity index (χ0) is 12.0. The average molecular weight is 220 g/mol. The lowest BCUT2D eigenvalue weighted by molar-refractivity contribution is -0.140. The first-order valence-electron chi connectivity index (χ1n) is 4.48. The molecule has 0 aliphatic rings. The van der Waals surface area contributed by atoms with Gasteiger partial charge in [-0.3, -0.25) is 9.59 Å². The fourth-order valence-electron chi connectivity index (χ4n) is 1.03.